The maximum absolute atomic E-state index is 12.6. The summed E-state index contributed by atoms with van der Waals surface area (Å²) in [5, 5.41) is 33.4. The van der Waals surface area contributed by atoms with Crippen LogP contribution in [0.4, 0.5) is 0 Å². The Morgan fingerprint density at radius 3 is 1.80 bits per heavy atom. The first kappa shape index (κ1) is 27.2. The number of aliphatic hydroxyl groups excluding tert-OH is 2. The van der Waals surface area contributed by atoms with Gasteiger partial charge in [-0.2, -0.15) is 0 Å². The van der Waals surface area contributed by atoms with Gasteiger partial charge >= 0.3 is 5.97 Å². The van der Waals surface area contributed by atoms with Crippen molar-refractivity contribution in [3.8, 4) is 0 Å². The quantitative estimate of drug-likeness (QED) is 0.111. The van der Waals surface area contributed by atoms with Crippen molar-refractivity contribution in [2.24, 2.45) is 17.2 Å². The van der Waals surface area contributed by atoms with Gasteiger partial charge in [0.15, 0.2) is 0 Å². The number of amides is 4. The number of aliphatic carboxylic acids is 1. The normalized spacial score (nSPS) is 14.7. The SMILES string of the molecule is NCCCCC(NC(=O)C(N)CO)C(=O)NC(CC(N)=O)C(=O)NC(CO)C(=O)O. The van der Waals surface area contributed by atoms with Gasteiger partial charge in [0.1, 0.15) is 24.2 Å². The number of unbranched alkanes of at least 4 members (excludes halogenated alkanes) is 1. The van der Waals surface area contributed by atoms with E-state index in [1.807, 2.05) is 5.32 Å². The molecule has 4 unspecified atom stereocenters. The summed E-state index contributed by atoms with van der Waals surface area (Å²) in [5.74, 6) is -5.23. The average molecular weight is 434 g/mol. The van der Waals surface area contributed by atoms with Crippen LogP contribution in [0, 0.1) is 0 Å². The molecule has 172 valence electrons. The van der Waals surface area contributed by atoms with E-state index in [0.29, 0.717) is 19.4 Å². The molecule has 0 aliphatic carbocycles. The van der Waals surface area contributed by atoms with Gasteiger partial charge in [-0.15, -0.1) is 0 Å². The zero-order valence-corrected chi connectivity index (χ0v) is 16.4. The smallest absolute Gasteiger partial charge is 0.328 e. The van der Waals surface area contributed by atoms with Gasteiger partial charge in [-0.05, 0) is 25.8 Å². The third-order valence-corrected chi connectivity index (χ3v) is 3.95. The monoisotopic (exact) mass is 434 g/mol. The molecule has 12 N–H and O–H groups in total. The van der Waals surface area contributed by atoms with E-state index in [9.17, 15) is 24.0 Å². The fourth-order valence-electron chi connectivity index (χ4n) is 2.26. The van der Waals surface area contributed by atoms with E-state index in [4.69, 9.17) is 32.5 Å². The summed E-state index contributed by atoms with van der Waals surface area (Å²) in [6.45, 7) is -1.24. The van der Waals surface area contributed by atoms with Gasteiger partial charge in [0.05, 0.1) is 19.6 Å². The first-order chi connectivity index (χ1) is 14.1. The third kappa shape index (κ3) is 10.1. The molecule has 0 aromatic heterocycles. The van der Waals surface area contributed by atoms with E-state index in [-0.39, 0.29) is 6.42 Å². The van der Waals surface area contributed by atoms with Crippen LogP contribution in [0.15, 0.2) is 0 Å². The first-order valence-electron chi connectivity index (χ1n) is 9.16. The summed E-state index contributed by atoms with van der Waals surface area (Å²) in [4.78, 5) is 59.1. The molecule has 4 amide bonds. The van der Waals surface area contributed by atoms with E-state index < -0.39 is 73.4 Å². The molecule has 0 rings (SSSR count). The second-order valence-electron chi connectivity index (χ2n) is 6.45. The number of aliphatic hydroxyl groups is 2. The van der Waals surface area contributed by atoms with E-state index in [1.54, 1.807) is 0 Å². The number of primary amides is 1. The molecule has 0 aliphatic rings. The Bertz CT molecular complexity index is 617. The van der Waals surface area contributed by atoms with Crippen LogP contribution >= 0.6 is 0 Å². The Morgan fingerprint density at radius 2 is 1.33 bits per heavy atom. The molecular weight excluding hydrogens is 404 g/mol. The van der Waals surface area contributed by atoms with Gasteiger partial charge in [-0.3, -0.25) is 19.2 Å². The van der Waals surface area contributed by atoms with Gasteiger partial charge in [-0.25, -0.2) is 4.79 Å². The molecule has 0 aliphatic heterocycles. The highest BCUT2D eigenvalue weighted by Gasteiger charge is 2.30. The van der Waals surface area contributed by atoms with Crippen LogP contribution in [0.5, 0.6) is 0 Å². The van der Waals surface area contributed by atoms with Crippen LogP contribution in [0.1, 0.15) is 25.7 Å². The van der Waals surface area contributed by atoms with E-state index >= 15 is 0 Å². The van der Waals surface area contributed by atoms with Crippen molar-refractivity contribution in [1.82, 2.24) is 16.0 Å². The van der Waals surface area contributed by atoms with Gasteiger partial charge in [-0.1, -0.05) is 0 Å². The number of nitrogens with two attached hydrogens (primary N) is 3. The lowest BCUT2D eigenvalue weighted by Crippen LogP contribution is -2.58. The second-order valence-corrected chi connectivity index (χ2v) is 6.45. The summed E-state index contributed by atoms with van der Waals surface area (Å²) in [6, 6.07) is -5.66. The van der Waals surface area contributed by atoms with Crippen LogP contribution in [0.2, 0.25) is 0 Å². The zero-order chi connectivity index (χ0) is 23.3. The maximum atomic E-state index is 12.6. The predicted molar refractivity (Wildman–Crippen MR) is 102 cm³/mol. The molecular formula is C16H30N6O8. The number of carbonyl (C=O) groups excluding carboxylic acids is 4. The molecule has 0 saturated carbocycles. The fourth-order valence-corrected chi connectivity index (χ4v) is 2.26. The molecule has 0 aromatic carbocycles. The van der Waals surface area contributed by atoms with Gasteiger partial charge in [0, 0.05) is 0 Å². The van der Waals surface area contributed by atoms with Crippen molar-refractivity contribution in [3.05, 3.63) is 0 Å². The maximum Gasteiger partial charge on any atom is 0.328 e. The van der Waals surface area contributed by atoms with Crippen molar-refractivity contribution < 1.29 is 39.3 Å². The summed E-state index contributed by atoms with van der Waals surface area (Å²) in [6.07, 6.45) is 0.427. The minimum Gasteiger partial charge on any atom is -0.480 e. The van der Waals surface area contributed by atoms with Crippen LogP contribution in [0.3, 0.4) is 0 Å². The molecule has 0 spiro atoms. The van der Waals surface area contributed by atoms with Crippen LogP contribution in [-0.4, -0.2) is 88.8 Å². The minimum absolute atomic E-state index is 0.117. The summed E-state index contributed by atoms with van der Waals surface area (Å²) in [5.41, 5.74) is 15.9. The lowest BCUT2D eigenvalue weighted by atomic mass is 10.1. The average Bonchev–Trinajstić information content (AvgIpc) is 2.69. The van der Waals surface area contributed by atoms with E-state index in [2.05, 4.69) is 10.6 Å². The lowest BCUT2D eigenvalue weighted by Gasteiger charge is -2.24. The number of hydrogen-bond acceptors (Lipinski definition) is 9. The Balaban J connectivity index is 5.37. The molecule has 30 heavy (non-hydrogen) atoms. The molecule has 4 atom stereocenters. The molecule has 0 bridgehead atoms. The number of carbonyl (C=O) groups is 5. The van der Waals surface area contributed by atoms with Gasteiger partial charge < -0.3 is 48.5 Å². The van der Waals surface area contributed by atoms with Crippen molar-refractivity contribution in [1.29, 1.82) is 0 Å². The number of nitrogens with one attached hydrogen (secondary N) is 3. The van der Waals surface area contributed by atoms with Gasteiger partial charge in [0.25, 0.3) is 0 Å². The largest absolute Gasteiger partial charge is 0.480 e. The number of carboxylic acid groups (broad SMARTS) is 1. The Hall–Kier alpha value is -2.81. The highest BCUT2D eigenvalue weighted by atomic mass is 16.4. The Kier molecular flexibility index (Phi) is 12.9. The van der Waals surface area contributed by atoms with Crippen molar-refractivity contribution in [2.75, 3.05) is 19.8 Å². The first-order valence-corrected chi connectivity index (χ1v) is 9.16. The van der Waals surface area contributed by atoms with Crippen molar-refractivity contribution in [3.63, 3.8) is 0 Å². The standard InChI is InChI=1S/C16H30N6O8/c17-4-2-1-3-9(20-13(26)8(18)6-23)14(27)21-10(5-12(19)25)15(28)22-11(7-24)16(29)30/h8-11,23-24H,1-7,17-18H2,(H2,19,25)(H,20,26)(H,21,27)(H,22,28)(H,29,30). The molecule has 0 saturated heterocycles. The number of rotatable bonds is 15. The predicted octanol–water partition coefficient (Wildman–Crippen LogP) is -5.16. The van der Waals surface area contributed by atoms with E-state index in [0.717, 1.165) is 0 Å². The summed E-state index contributed by atoms with van der Waals surface area (Å²) >= 11 is 0. The summed E-state index contributed by atoms with van der Waals surface area (Å²) in [7, 11) is 0. The molecule has 14 nitrogen and oxygen atoms in total. The molecule has 0 radical (unpaired) electrons. The lowest BCUT2D eigenvalue weighted by molar-refractivity contribution is -0.143. The third-order valence-electron chi connectivity index (χ3n) is 3.95. The second kappa shape index (κ2) is 14.2. The summed E-state index contributed by atoms with van der Waals surface area (Å²) < 4.78 is 0. The van der Waals surface area contributed by atoms with Crippen LogP contribution in [0.25, 0.3) is 0 Å². The highest BCUT2D eigenvalue weighted by Crippen LogP contribution is 2.04. The topological polar surface area (TPSA) is 260 Å². The van der Waals surface area contributed by atoms with E-state index in [1.165, 1.54) is 0 Å². The molecule has 0 heterocycles. The van der Waals surface area contributed by atoms with Crippen molar-refractivity contribution in [2.45, 2.75) is 49.9 Å². The van der Waals surface area contributed by atoms with Gasteiger partial charge in [0.2, 0.25) is 23.6 Å². The number of hydrogen-bond donors (Lipinski definition) is 9. The highest BCUT2D eigenvalue weighted by molar-refractivity contribution is 5.96. The van der Waals surface area contributed by atoms with Crippen LogP contribution in [-0.2, 0) is 24.0 Å². The molecule has 14 heteroatoms. The Morgan fingerprint density at radius 1 is 0.800 bits per heavy atom. The number of carboxylic acids is 1. The zero-order valence-electron chi connectivity index (χ0n) is 16.4. The molecule has 0 fully saturated rings. The molecule has 0 aromatic rings. The Labute approximate surface area is 172 Å². The van der Waals surface area contributed by atoms with Crippen LogP contribution < -0.4 is 33.2 Å². The minimum atomic E-state index is -1.66. The van der Waals surface area contributed by atoms with Crippen molar-refractivity contribution >= 4 is 29.6 Å². The fraction of sp³-hybridized carbons (Fsp3) is 0.688.